The molecule has 3 nitrogen and oxygen atoms in total. The molecule has 1 aliphatic heterocycles. The molecule has 3 heteroatoms. The lowest BCUT2D eigenvalue weighted by Gasteiger charge is -2.26. The lowest BCUT2D eigenvalue weighted by atomic mass is 9.83. The van der Waals surface area contributed by atoms with Crippen molar-refractivity contribution in [1.29, 1.82) is 0 Å². The number of anilines is 1. The summed E-state index contributed by atoms with van der Waals surface area (Å²) >= 11 is 0. The smallest absolute Gasteiger partial charge is 0.119 e. The Balaban J connectivity index is 0.00000128. The Hall–Kier alpha value is -1.64. The zero-order valence-electron chi connectivity index (χ0n) is 9.07. The van der Waals surface area contributed by atoms with E-state index in [1.807, 2.05) is 37.4 Å². The largest absolute Gasteiger partial charge is 0.399 e. The molecule has 0 saturated carbocycles. The van der Waals surface area contributed by atoms with Gasteiger partial charge in [-0.25, -0.2) is 4.99 Å². The van der Waals surface area contributed by atoms with E-state index < -0.39 is 0 Å². The van der Waals surface area contributed by atoms with Gasteiger partial charge in [0.2, 0.25) is 0 Å². The third-order valence-corrected chi connectivity index (χ3v) is 2.74. The van der Waals surface area contributed by atoms with Crippen molar-refractivity contribution in [1.82, 2.24) is 0 Å². The van der Waals surface area contributed by atoms with Gasteiger partial charge >= 0.3 is 0 Å². The minimum atomic E-state index is -0.0901. The van der Waals surface area contributed by atoms with E-state index in [4.69, 9.17) is 5.73 Å². The molecule has 0 aliphatic carbocycles. The standard InChI is InChI=1S/C12H15N3.H2/c1-9-14-7-12(2,8-15-9)10-3-5-11(13)6-4-10;/h3-7H,8,13H2,1-2H3;1H. The summed E-state index contributed by atoms with van der Waals surface area (Å²) in [5.41, 5.74) is 7.56. The van der Waals surface area contributed by atoms with Crippen LogP contribution in [0.5, 0.6) is 0 Å². The average molecular weight is 203 g/mol. The zero-order chi connectivity index (χ0) is 10.9. The van der Waals surface area contributed by atoms with Crippen LogP contribution in [0.2, 0.25) is 0 Å². The normalized spacial score (nSPS) is 25.1. The number of aliphatic imine (C=N–C) groups is 2. The van der Waals surface area contributed by atoms with Crippen LogP contribution in [0.15, 0.2) is 34.3 Å². The van der Waals surface area contributed by atoms with Gasteiger partial charge < -0.3 is 5.73 Å². The monoisotopic (exact) mass is 203 g/mol. The fraction of sp³-hybridized carbons (Fsp3) is 0.333. The predicted octanol–water partition coefficient (Wildman–Crippen LogP) is 2.28. The Bertz CT molecular complexity index is 422. The second-order valence-electron chi connectivity index (χ2n) is 4.16. The van der Waals surface area contributed by atoms with Crippen molar-refractivity contribution in [3.05, 3.63) is 29.8 Å². The molecule has 0 bridgehead atoms. The van der Waals surface area contributed by atoms with Crippen LogP contribution in [-0.4, -0.2) is 18.6 Å². The Kier molecular flexibility index (Phi) is 2.31. The number of hydrogen-bond acceptors (Lipinski definition) is 3. The zero-order valence-corrected chi connectivity index (χ0v) is 9.07. The first-order valence-electron chi connectivity index (χ1n) is 5.02. The SMILES string of the molecule is CC1=NCC(C)(c2ccc(N)cc2)C=N1.[HH]. The molecule has 1 heterocycles. The molecule has 0 amide bonds. The summed E-state index contributed by atoms with van der Waals surface area (Å²) in [7, 11) is 0. The van der Waals surface area contributed by atoms with Crippen molar-refractivity contribution in [3.63, 3.8) is 0 Å². The number of nitrogens with zero attached hydrogens (tertiary/aromatic N) is 2. The van der Waals surface area contributed by atoms with Crippen LogP contribution in [0, 0.1) is 0 Å². The van der Waals surface area contributed by atoms with E-state index in [9.17, 15) is 0 Å². The number of nitrogen functional groups attached to an aromatic ring is 1. The minimum Gasteiger partial charge on any atom is -0.399 e. The molecule has 1 aliphatic rings. The van der Waals surface area contributed by atoms with Crippen LogP contribution in [0.1, 0.15) is 20.8 Å². The highest BCUT2D eigenvalue weighted by atomic mass is 14.9. The summed E-state index contributed by atoms with van der Waals surface area (Å²) in [4.78, 5) is 8.64. The second kappa shape index (κ2) is 3.50. The van der Waals surface area contributed by atoms with Crippen molar-refractivity contribution < 1.29 is 1.43 Å². The summed E-state index contributed by atoms with van der Waals surface area (Å²) in [6.07, 6.45) is 1.97. The lowest BCUT2D eigenvalue weighted by Crippen LogP contribution is -2.30. The van der Waals surface area contributed by atoms with E-state index in [1.54, 1.807) is 0 Å². The van der Waals surface area contributed by atoms with Crippen LogP contribution in [-0.2, 0) is 5.41 Å². The van der Waals surface area contributed by atoms with Crippen molar-refractivity contribution in [2.24, 2.45) is 9.98 Å². The van der Waals surface area contributed by atoms with E-state index in [2.05, 4.69) is 16.9 Å². The quantitative estimate of drug-likeness (QED) is 0.699. The van der Waals surface area contributed by atoms with Gasteiger partial charge in [-0.05, 0) is 31.5 Å². The fourth-order valence-corrected chi connectivity index (χ4v) is 1.63. The van der Waals surface area contributed by atoms with Crippen molar-refractivity contribution in [2.75, 3.05) is 12.3 Å². The molecule has 1 atom stereocenters. The van der Waals surface area contributed by atoms with Gasteiger partial charge in [0.1, 0.15) is 5.84 Å². The molecule has 2 N–H and O–H groups in total. The van der Waals surface area contributed by atoms with Crippen LogP contribution in [0.4, 0.5) is 5.69 Å². The molecule has 1 aromatic rings. The molecule has 1 unspecified atom stereocenters. The average Bonchev–Trinajstić information content (AvgIpc) is 2.24. The van der Waals surface area contributed by atoms with Gasteiger partial charge in [-0.3, -0.25) is 4.99 Å². The molecule has 2 rings (SSSR count). The first kappa shape index (κ1) is 9.90. The molecule has 15 heavy (non-hydrogen) atoms. The number of amidine groups is 1. The summed E-state index contributed by atoms with van der Waals surface area (Å²) in [5.74, 6) is 0.850. The maximum absolute atomic E-state index is 5.66. The third-order valence-electron chi connectivity index (χ3n) is 2.74. The van der Waals surface area contributed by atoms with Gasteiger partial charge in [0, 0.05) is 18.7 Å². The van der Waals surface area contributed by atoms with E-state index in [1.165, 1.54) is 5.56 Å². The molecule has 0 aromatic heterocycles. The Morgan fingerprint density at radius 2 is 2.00 bits per heavy atom. The van der Waals surface area contributed by atoms with E-state index >= 15 is 0 Å². The van der Waals surface area contributed by atoms with Gasteiger partial charge in [0.25, 0.3) is 0 Å². The molecular formula is C12H17N3. The topological polar surface area (TPSA) is 50.7 Å². The maximum atomic E-state index is 5.66. The minimum absolute atomic E-state index is 0. The van der Waals surface area contributed by atoms with Gasteiger partial charge in [-0.15, -0.1) is 0 Å². The Morgan fingerprint density at radius 1 is 1.33 bits per heavy atom. The first-order chi connectivity index (χ1) is 7.10. The van der Waals surface area contributed by atoms with E-state index in [0.717, 1.165) is 18.1 Å². The van der Waals surface area contributed by atoms with Gasteiger partial charge in [0.15, 0.2) is 0 Å². The maximum Gasteiger partial charge on any atom is 0.119 e. The summed E-state index contributed by atoms with van der Waals surface area (Å²) < 4.78 is 0. The fourth-order valence-electron chi connectivity index (χ4n) is 1.63. The lowest BCUT2D eigenvalue weighted by molar-refractivity contribution is 0.657. The molecule has 1 aromatic carbocycles. The number of nitrogens with two attached hydrogens (primary N) is 1. The van der Waals surface area contributed by atoms with E-state index in [-0.39, 0.29) is 6.84 Å². The number of benzene rings is 1. The van der Waals surface area contributed by atoms with Crippen LogP contribution < -0.4 is 5.73 Å². The summed E-state index contributed by atoms with van der Waals surface area (Å²) in [6, 6.07) is 7.91. The highest BCUT2D eigenvalue weighted by molar-refractivity contribution is 5.93. The Morgan fingerprint density at radius 3 is 2.53 bits per heavy atom. The molecular weight excluding hydrogens is 186 g/mol. The highest BCUT2D eigenvalue weighted by Gasteiger charge is 2.26. The second-order valence-corrected chi connectivity index (χ2v) is 4.16. The number of hydrogen-bond donors (Lipinski definition) is 1. The van der Waals surface area contributed by atoms with Crippen LogP contribution >= 0.6 is 0 Å². The summed E-state index contributed by atoms with van der Waals surface area (Å²) in [6.45, 7) is 4.81. The van der Waals surface area contributed by atoms with E-state index in [0.29, 0.717) is 0 Å². The van der Waals surface area contributed by atoms with Crippen molar-refractivity contribution in [3.8, 4) is 0 Å². The van der Waals surface area contributed by atoms with Crippen LogP contribution in [0.25, 0.3) is 0 Å². The van der Waals surface area contributed by atoms with Crippen LogP contribution in [0.3, 0.4) is 0 Å². The summed E-state index contributed by atoms with van der Waals surface area (Å²) in [5, 5.41) is 0. The highest BCUT2D eigenvalue weighted by Crippen LogP contribution is 2.25. The Labute approximate surface area is 91.2 Å². The first-order valence-corrected chi connectivity index (χ1v) is 5.02. The molecule has 0 fully saturated rings. The molecule has 0 saturated heterocycles. The van der Waals surface area contributed by atoms with Crippen molar-refractivity contribution >= 4 is 17.7 Å². The molecule has 80 valence electrons. The van der Waals surface area contributed by atoms with Gasteiger partial charge in [0.05, 0.1) is 6.54 Å². The molecule has 0 spiro atoms. The van der Waals surface area contributed by atoms with Crippen molar-refractivity contribution in [2.45, 2.75) is 19.3 Å². The number of rotatable bonds is 1. The third kappa shape index (κ3) is 1.91. The van der Waals surface area contributed by atoms with Gasteiger partial charge in [-0.1, -0.05) is 12.1 Å². The molecule has 0 radical (unpaired) electrons. The predicted molar refractivity (Wildman–Crippen MR) is 66.8 cm³/mol. The van der Waals surface area contributed by atoms with Gasteiger partial charge in [-0.2, -0.15) is 0 Å².